The summed E-state index contributed by atoms with van der Waals surface area (Å²) in [7, 11) is 0. The lowest BCUT2D eigenvalue weighted by atomic mass is 9.85. The number of fused-ring (bicyclic) bond motifs is 3. The van der Waals surface area contributed by atoms with E-state index in [1.54, 1.807) is 0 Å². The zero-order valence-corrected chi connectivity index (χ0v) is 8.20. The molecule has 14 heavy (non-hydrogen) atoms. The van der Waals surface area contributed by atoms with E-state index in [1.807, 2.05) is 0 Å². The van der Waals surface area contributed by atoms with Gasteiger partial charge in [-0.2, -0.15) is 0 Å². The van der Waals surface area contributed by atoms with Gasteiger partial charge in [-0.3, -0.25) is 0 Å². The average molecular weight is 189 g/mol. The van der Waals surface area contributed by atoms with E-state index in [0.717, 1.165) is 19.6 Å². The number of benzene rings is 1. The van der Waals surface area contributed by atoms with E-state index in [4.69, 9.17) is 4.74 Å². The Bertz CT molecular complexity index is 337. The summed E-state index contributed by atoms with van der Waals surface area (Å²) in [6.45, 7) is 1.85. The first kappa shape index (κ1) is 8.45. The summed E-state index contributed by atoms with van der Waals surface area (Å²) in [5.41, 5.74) is 2.94. The fourth-order valence-electron chi connectivity index (χ4n) is 2.58. The number of hydrogen-bond acceptors (Lipinski definition) is 2. The number of hydrogen-bond donors (Lipinski definition) is 1. The van der Waals surface area contributed by atoms with Crippen molar-refractivity contribution in [3.05, 3.63) is 35.4 Å². The van der Waals surface area contributed by atoms with Crippen molar-refractivity contribution in [2.45, 2.75) is 25.0 Å². The molecule has 0 spiro atoms. The molecule has 2 nitrogen and oxygen atoms in total. The van der Waals surface area contributed by atoms with Crippen LogP contribution in [-0.4, -0.2) is 19.3 Å². The Balaban J connectivity index is 1.99. The summed E-state index contributed by atoms with van der Waals surface area (Å²) >= 11 is 0. The van der Waals surface area contributed by atoms with Crippen LogP contribution in [0.1, 0.15) is 23.6 Å². The largest absolute Gasteiger partial charge is 0.375 e. The van der Waals surface area contributed by atoms with E-state index in [0.29, 0.717) is 12.1 Å². The van der Waals surface area contributed by atoms with Crippen LogP contribution in [-0.2, 0) is 11.2 Å². The Labute approximate surface area is 84.3 Å². The van der Waals surface area contributed by atoms with Crippen molar-refractivity contribution in [3.63, 3.8) is 0 Å². The van der Waals surface area contributed by atoms with Gasteiger partial charge >= 0.3 is 0 Å². The van der Waals surface area contributed by atoms with Gasteiger partial charge in [0.25, 0.3) is 0 Å². The number of rotatable bonds is 0. The molecule has 2 atom stereocenters. The molecule has 1 saturated heterocycles. The summed E-state index contributed by atoms with van der Waals surface area (Å²) in [5, 5.41) is 3.55. The minimum atomic E-state index is 0.402. The van der Waals surface area contributed by atoms with Gasteiger partial charge in [-0.05, 0) is 24.0 Å². The van der Waals surface area contributed by atoms with Gasteiger partial charge in [0.15, 0.2) is 0 Å². The van der Waals surface area contributed by atoms with E-state index >= 15 is 0 Å². The molecule has 0 bridgehead atoms. The lowest BCUT2D eigenvalue weighted by Crippen LogP contribution is -2.44. The second-order valence-corrected chi connectivity index (χ2v) is 4.08. The third-order valence-corrected chi connectivity index (χ3v) is 3.26. The number of ether oxygens (including phenoxy) is 1. The fraction of sp³-hybridized carbons (Fsp3) is 0.500. The third-order valence-electron chi connectivity index (χ3n) is 3.26. The van der Waals surface area contributed by atoms with Crippen molar-refractivity contribution in [1.29, 1.82) is 0 Å². The molecule has 0 radical (unpaired) electrons. The van der Waals surface area contributed by atoms with Crippen LogP contribution in [0.25, 0.3) is 0 Å². The molecular formula is C12H15NO. The molecule has 2 heteroatoms. The van der Waals surface area contributed by atoms with Crippen molar-refractivity contribution in [2.75, 3.05) is 13.2 Å². The molecule has 74 valence electrons. The van der Waals surface area contributed by atoms with Crippen molar-refractivity contribution >= 4 is 0 Å². The molecule has 1 heterocycles. The third kappa shape index (κ3) is 1.26. The first-order valence-electron chi connectivity index (χ1n) is 5.38. The van der Waals surface area contributed by atoms with Gasteiger partial charge in [0.05, 0.1) is 18.8 Å². The molecule has 1 aliphatic heterocycles. The van der Waals surface area contributed by atoms with Gasteiger partial charge in [0.1, 0.15) is 0 Å². The van der Waals surface area contributed by atoms with Crippen LogP contribution in [0.2, 0.25) is 0 Å². The minimum Gasteiger partial charge on any atom is -0.375 e. The normalized spacial score (nSPS) is 30.6. The highest BCUT2D eigenvalue weighted by molar-refractivity contribution is 5.33. The van der Waals surface area contributed by atoms with Crippen LogP contribution in [0.15, 0.2) is 24.3 Å². The Kier molecular flexibility index (Phi) is 2.03. The fourth-order valence-corrected chi connectivity index (χ4v) is 2.58. The summed E-state index contributed by atoms with van der Waals surface area (Å²) in [6.07, 6.45) is 2.73. The molecule has 1 aromatic rings. The summed E-state index contributed by atoms with van der Waals surface area (Å²) in [5.74, 6) is 0. The average Bonchev–Trinajstić information content (AvgIpc) is 2.29. The highest BCUT2D eigenvalue weighted by Crippen LogP contribution is 2.32. The van der Waals surface area contributed by atoms with Crippen molar-refractivity contribution in [2.24, 2.45) is 0 Å². The highest BCUT2D eigenvalue weighted by atomic mass is 16.5. The highest BCUT2D eigenvalue weighted by Gasteiger charge is 2.31. The van der Waals surface area contributed by atoms with Crippen LogP contribution in [0.4, 0.5) is 0 Å². The molecule has 0 saturated carbocycles. The molecule has 3 rings (SSSR count). The maximum Gasteiger partial charge on any atom is 0.0773 e. The van der Waals surface area contributed by atoms with E-state index in [-0.39, 0.29) is 0 Å². The van der Waals surface area contributed by atoms with Crippen LogP contribution in [0.3, 0.4) is 0 Å². The zero-order chi connectivity index (χ0) is 9.38. The number of morpholine rings is 1. The van der Waals surface area contributed by atoms with Gasteiger partial charge in [-0.25, -0.2) is 0 Å². The molecule has 2 aliphatic rings. The lowest BCUT2D eigenvalue weighted by Gasteiger charge is -2.37. The first-order chi connectivity index (χ1) is 6.95. The maximum atomic E-state index is 5.78. The smallest absolute Gasteiger partial charge is 0.0773 e. The van der Waals surface area contributed by atoms with E-state index in [1.165, 1.54) is 17.5 Å². The molecule has 0 aromatic heterocycles. The monoisotopic (exact) mass is 189 g/mol. The van der Waals surface area contributed by atoms with Crippen LogP contribution in [0, 0.1) is 0 Å². The van der Waals surface area contributed by atoms with Crippen LogP contribution >= 0.6 is 0 Å². The topological polar surface area (TPSA) is 21.3 Å². The van der Waals surface area contributed by atoms with Gasteiger partial charge < -0.3 is 10.1 Å². The van der Waals surface area contributed by atoms with Crippen molar-refractivity contribution in [1.82, 2.24) is 5.32 Å². The van der Waals surface area contributed by atoms with Crippen LogP contribution < -0.4 is 5.32 Å². The van der Waals surface area contributed by atoms with Crippen LogP contribution in [0.5, 0.6) is 0 Å². The number of aryl methyl sites for hydroxylation is 1. The quantitative estimate of drug-likeness (QED) is 0.670. The molecule has 1 aliphatic carbocycles. The zero-order valence-electron chi connectivity index (χ0n) is 8.20. The Morgan fingerprint density at radius 1 is 1.29 bits per heavy atom. The molecule has 1 aromatic carbocycles. The van der Waals surface area contributed by atoms with Gasteiger partial charge in [-0.15, -0.1) is 0 Å². The van der Waals surface area contributed by atoms with Gasteiger partial charge in [-0.1, -0.05) is 24.3 Å². The lowest BCUT2D eigenvalue weighted by molar-refractivity contribution is -0.0138. The summed E-state index contributed by atoms with van der Waals surface area (Å²) in [4.78, 5) is 0. The Morgan fingerprint density at radius 3 is 3.21 bits per heavy atom. The molecule has 0 amide bonds. The summed E-state index contributed by atoms with van der Waals surface area (Å²) < 4.78 is 5.78. The molecule has 1 N–H and O–H groups in total. The predicted octanol–water partition coefficient (Wildman–Crippen LogP) is 1.66. The SMILES string of the molecule is c1ccc2c(c1)CC[C@H]1OCCN[C@@H]21. The molecule has 1 fully saturated rings. The van der Waals surface area contributed by atoms with Gasteiger partial charge in [0, 0.05) is 6.54 Å². The maximum absolute atomic E-state index is 5.78. The predicted molar refractivity (Wildman–Crippen MR) is 55.2 cm³/mol. The van der Waals surface area contributed by atoms with Crippen molar-refractivity contribution < 1.29 is 4.74 Å². The van der Waals surface area contributed by atoms with Gasteiger partial charge in [0.2, 0.25) is 0 Å². The second-order valence-electron chi connectivity index (χ2n) is 4.08. The second kappa shape index (κ2) is 3.37. The molecular weight excluding hydrogens is 174 g/mol. The first-order valence-corrected chi connectivity index (χ1v) is 5.38. The Hall–Kier alpha value is -0.860. The standard InChI is InChI=1S/C12H15NO/c1-2-4-10-9(3-1)5-6-11-12(10)13-7-8-14-11/h1-4,11-13H,5-8H2/t11-,12+/m1/s1. The summed E-state index contributed by atoms with van der Waals surface area (Å²) in [6, 6.07) is 9.16. The minimum absolute atomic E-state index is 0.402. The van der Waals surface area contributed by atoms with Crippen molar-refractivity contribution in [3.8, 4) is 0 Å². The number of nitrogens with one attached hydrogen (secondary N) is 1. The van der Waals surface area contributed by atoms with E-state index in [9.17, 15) is 0 Å². The molecule has 0 unspecified atom stereocenters. The van der Waals surface area contributed by atoms with E-state index in [2.05, 4.69) is 29.6 Å². The Morgan fingerprint density at radius 2 is 2.21 bits per heavy atom. The van der Waals surface area contributed by atoms with E-state index < -0.39 is 0 Å².